The van der Waals surface area contributed by atoms with E-state index in [1.165, 1.54) is 27.8 Å². The molecular formula is C23H18ClF. The average molecular weight is 349 g/mol. The molecule has 3 aliphatic rings. The molecule has 2 heteroatoms. The first-order valence-electron chi connectivity index (χ1n) is 8.64. The summed E-state index contributed by atoms with van der Waals surface area (Å²) in [7, 11) is 0. The van der Waals surface area contributed by atoms with Crippen LogP contribution in [0.1, 0.15) is 57.3 Å². The van der Waals surface area contributed by atoms with E-state index in [2.05, 4.69) is 45.0 Å². The second-order valence-corrected chi connectivity index (χ2v) is 7.86. The van der Waals surface area contributed by atoms with Crippen LogP contribution in [0.25, 0.3) is 0 Å². The van der Waals surface area contributed by atoms with E-state index in [1.54, 1.807) is 6.07 Å². The summed E-state index contributed by atoms with van der Waals surface area (Å²) in [5.41, 5.74) is 8.63. The molecule has 3 aromatic carbocycles. The van der Waals surface area contributed by atoms with Gasteiger partial charge in [-0.1, -0.05) is 48.0 Å². The predicted octanol–water partition coefficient (Wildman–Crippen LogP) is 6.26. The minimum atomic E-state index is -0.561. The van der Waals surface area contributed by atoms with E-state index in [9.17, 15) is 0 Å². The largest absolute Gasteiger partial charge is 0.207 e. The Morgan fingerprint density at radius 2 is 1.48 bits per heavy atom. The van der Waals surface area contributed by atoms with Gasteiger partial charge in [0, 0.05) is 21.9 Å². The van der Waals surface area contributed by atoms with Gasteiger partial charge in [0.15, 0.2) is 0 Å². The van der Waals surface area contributed by atoms with Crippen molar-refractivity contribution in [3.63, 3.8) is 0 Å². The van der Waals surface area contributed by atoms with E-state index in [4.69, 9.17) is 11.6 Å². The summed E-state index contributed by atoms with van der Waals surface area (Å²) in [6.45, 7) is 6.42. The molecule has 0 N–H and O–H groups in total. The van der Waals surface area contributed by atoms with E-state index < -0.39 is 5.41 Å². The number of aryl methyl sites for hydroxylation is 2. The lowest BCUT2D eigenvalue weighted by molar-refractivity contribution is 0.521. The maximum absolute atomic E-state index is 15.1. The van der Waals surface area contributed by atoms with Gasteiger partial charge in [-0.25, -0.2) is 4.39 Å². The fourth-order valence-corrected chi connectivity index (χ4v) is 5.71. The standard InChI is InChI=1S/C23H18ClF/c1-12-10-11-13(2)20-18(12)19-14-6-4-8-16(24)21(14)23(20,3)22-15(19)7-5-9-17(22)25/h4-11,19H,1-3H3. The molecule has 0 saturated carbocycles. The van der Waals surface area contributed by atoms with Crippen LogP contribution in [0.15, 0.2) is 48.5 Å². The molecule has 124 valence electrons. The van der Waals surface area contributed by atoms with Crippen LogP contribution >= 0.6 is 11.6 Å². The molecule has 0 aliphatic heterocycles. The van der Waals surface area contributed by atoms with Crippen molar-refractivity contribution in [3.05, 3.63) is 104 Å². The molecule has 25 heavy (non-hydrogen) atoms. The molecule has 2 bridgehead atoms. The van der Waals surface area contributed by atoms with Crippen molar-refractivity contribution < 1.29 is 4.39 Å². The monoisotopic (exact) mass is 348 g/mol. The quantitative estimate of drug-likeness (QED) is 0.450. The zero-order chi connectivity index (χ0) is 17.5. The summed E-state index contributed by atoms with van der Waals surface area (Å²) in [6, 6.07) is 15.9. The van der Waals surface area contributed by atoms with Gasteiger partial charge in [0.2, 0.25) is 0 Å². The van der Waals surface area contributed by atoms with Gasteiger partial charge in [0.1, 0.15) is 5.82 Å². The number of rotatable bonds is 0. The van der Waals surface area contributed by atoms with Crippen LogP contribution in [-0.2, 0) is 5.41 Å². The summed E-state index contributed by atoms with van der Waals surface area (Å²) in [5, 5.41) is 0.727. The highest BCUT2D eigenvalue weighted by atomic mass is 35.5. The van der Waals surface area contributed by atoms with Crippen LogP contribution in [0.4, 0.5) is 4.39 Å². The van der Waals surface area contributed by atoms with E-state index in [-0.39, 0.29) is 11.7 Å². The Balaban J connectivity index is 2.06. The lowest BCUT2D eigenvalue weighted by atomic mass is 9.52. The molecule has 0 saturated heterocycles. The second kappa shape index (κ2) is 4.74. The molecule has 6 rings (SSSR count). The van der Waals surface area contributed by atoms with Crippen LogP contribution < -0.4 is 0 Å². The van der Waals surface area contributed by atoms with Gasteiger partial charge in [0.05, 0.1) is 0 Å². The summed E-state index contributed by atoms with van der Waals surface area (Å²) in [4.78, 5) is 0. The van der Waals surface area contributed by atoms with Gasteiger partial charge in [0.25, 0.3) is 0 Å². The zero-order valence-electron chi connectivity index (χ0n) is 14.5. The Morgan fingerprint density at radius 1 is 0.840 bits per heavy atom. The highest BCUT2D eigenvalue weighted by molar-refractivity contribution is 6.31. The average Bonchev–Trinajstić information content (AvgIpc) is 2.58. The minimum absolute atomic E-state index is 0.0520. The third kappa shape index (κ3) is 1.63. The van der Waals surface area contributed by atoms with Crippen molar-refractivity contribution in [2.75, 3.05) is 0 Å². The van der Waals surface area contributed by atoms with Crippen molar-refractivity contribution in [2.24, 2.45) is 0 Å². The van der Waals surface area contributed by atoms with Crippen LogP contribution in [-0.4, -0.2) is 0 Å². The fraction of sp³-hybridized carbons (Fsp3) is 0.217. The Kier molecular flexibility index (Phi) is 2.87. The first-order valence-corrected chi connectivity index (χ1v) is 9.02. The Labute approximate surface area is 152 Å². The third-order valence-corrected chi connectivity index (χ3v) is 6.49. The van der Waals surface area contributed by atoms with Crippen molar-refractivity contribution in [1.29, 1.82) is 0 Å². The number of halogens is 2. The first kappa shape index (κ1) is 15.2. The zero-order valence-corrected chi connectivity index (χ0v) is 15.2. The normalized spacial score (nSPS) is 22.4. The molecular weight excluding hydrogens is 331 g/mol. The molecule has 0 heterocycles. The number of hydrogen-bond acceptors (Lipinski definition) is 0. The molecule has 3 aliphatic carbocycles. The predicted molar refractivity (Wildman–Crippen MR) is 100 cm³/mol. The summed E-state index contributed by atoms with van der Waals surface area (Å²) in [6.07, 6.45) is 0. The van der Waals surface area contributed by atoms with E-state index in [0.717, 1.165) is 21.7 Å². The highest BCUT2D eigenvalue weighted by Gasteiger charge is 2.52. The molecule has 0 fully saturated rings. The van der Waals surface area contributed by atoms with E-state index >= 15 is 4.39 Å². The Bertz CT molecular complexity index is 1010. The first-order chi connectivity index (χ1) is 12.0. The molecule has 0 spiro atoms. The molecule has 0 radical (unpaired) electrons. The Morgan fingerprint density at radius 3 is 2.24 bits per heavy atom. The lowest BCUT2D eigenvalue weighted by Crippen LogP contribution is -2.42. The van der Waals surface area contributed by atoms with Gasteiger partial charge in [-0.2, -0.15) is 0 Å². The lowest BCUT2D eigenvalue weighted by Gasteiger charge is -2.50. The fourth-order valence-electron chi connectivity index (χ4n) is 5.34. The maximum atomic E-state index is 15.1. The van der Waals surface area contributed by atoms with E-state index in [0.29, 0.717) is 0 Å². The highest BCUT2D eigenvalue weighted by Crippen LogP contribution is 2.62. The molecule has 2 atom stereocenters. The summed E-state index contributed by atoms with van der Waals surface area (Å²) < 4.78 is 15.1. The van der Waals surface area contributed by atoms with Gasteiger partial charge >= 0.3 is 0 Å². The molecule has 3 aromatic rings. The molecule has 0 aromatic heterocycles. The van der Waals surface area contributed by atoms with Crippen molar-refractivity contribution >= 4 is 11.6 Å². The van der Waals surface area contributed by atoms with Crippen molar-refractivity contribution in [1.82, 2.24) is 0 Å². The molecule has 2 unspecified atom stereocenters. The van der Waals surface area contributed by atoms with Gasteiger partial charge in [-0.3, -0.25) is 0 Å². The Hall–Kier alpha value is -2.12. The van der Waals surface area contributed by atoms with E-state index in [1.807, 2.05) is 18.2 Å². The smallest absolute Gasteiger partial charge is 0.127 e. The van der Waals surface area contributed by atoms with Crippen LogP contribution in [0, 0.1) is 19.7 Å². The van der Waals surface area contributed by atoms with Crippen molar-refractivity contribution in [2.45, 2.75) is 32.1 Å². The third-order valence-electron chi connectivity index (χ3n) is 6.17. The van der Waals surface area contributed by atoms with Crippen molar-refractivity contribution in [3.8, 4) is 0 Å². The summed E-state index contributed by atoms with van der Waals surface area (Å²) >= 11 is 6.68. The second-order valence-electron chi connectivity index (χ2n) is 7.45. The SMILES string of the molecule is Cc1ccc(C)c2c1C1c3cccc(F)c3C2(C)c2c(Cl)cccc21. The molecule has 0 nitrogen and oxygen atoms in total. The number of benzene rings is 3. The van der Waals surface area contributed by atoms with Gasteiger partial charge in [-0.05, 0) is 71.8 Å². The topological polar surface area (TPSA) is 0 Å². The summed E-state index contributed by atoms with van der Waals surface area (Å²) in [5.74, 6) is -0.0850. The minimum Gasteiger partial charge on any atom is -0.207 e. The molecule has 0 amide bonds. The van der Waals surface area contributed by atoms with Gasteiger partial charge < -0.3 is 0 Å². The van der Waals surface area contributed by atoms with Crippen LogP contribution in [0.3, 0.4) is 0 Å². The van der Waals surface area contributed by atoms with Crippen LogP contribution in [0.2, 0.25) is 5.02 Å². The van der Waals surface area contributed by atoms with Crippen LogP contribution in [0.5, 0.6) is 0 Å². The maximum Gasteiger partial charge on any atom is 0.127 e. The number of hydrogen-bond donors (Lipinski definition) is 0. The van der Waals surface area contributed by atoms with Gasteiger partial charge in [-0.15, -0.1) is 0 Å².